The maximum Gasteiger partial charge on any atom is 0.234 e. The average Bonchev–Trinajstić information content (AvgIpc) is 3.74. The SMILES string of the molecule is CC1(C)Oc2c(sc3cc(/C=C4\C(=O)C(=O)c5ccccc54)sc23)-c2sc(/C=C3\C(=O)C(=O)c4ccccc43)cc21. The summed E-state index contributed by atoms with van der Waals surface area (Å²) in [6, 6.07) is 18.3. The lowest BCUT2D eigenvalue weighted by Crippen LogP contribution is -2.27. The van der Waals surface area contributed by atoms with Gasteiger partial charge in [-0.2, -0.15) is 0 Å². The maximum atomic E-state index is 12.8. The van der Waals surface area contributed by atoms with Gasteiger partial charge in [0.2, 0.25) is 23.1 Å². The number of ketones is 4. The number of fused-ring (bicyclic) bond motifs is 7. The molecule has 0 saturated heterocycles. The third kappa shape index (κ3) is 3.45. The fourth-order valence-electron chi connectivity index (χ4n) is 5.74. The number of Topliss-reactive ketones (excluding diaryl/α,β-unsaturated/α-hetero) is 4. The number of carbonyl (C=O) groups excluding carboxylic acids is 4. The van der Waals surface area contributed by atoms with Crippen molar-refractivity contribution >= 4 is 89.8 Å². The minimum Gasteiger partial charge on any atom is -0.480 e. The maximum absolute atomic E-state index is 12.8. The molecular formula is C33H18O5S3. The fraction of sp³-hybridized carbons (Fsp3) is 0.0909. The van der Waals surface area contributed by atoms with E-state index >= 15 is 0 Å². The van der Waals surface area contributed by atoms with Gasteiger partial charge in [-0.1, -0.05) is 48.5 Å². The first-order chi connectivity index (χ1) is 19.7. The van der Waals surface area contributed by atoms with E-state index in [1.165, 1.54) is 0 Å². The zero-order valence-corrected chi connectivity index (χ0v) is 24.1. The third-order valence-corrected chi connectivity index (χ3v) is 11.3. The number of hydrogen-bond acceptors (Lipinski definition) is 8. The predicted molar refractivity (Wildman–Crippen MR) is 164 cm³/mol. The molecule has 3 aliphatic rings. The molecule has 0 unspecified atom stereocenters. The van der Waals surface area contributed by atoms with Crippen LogP contribution in [-0.4, -0.2) is 23.1 Å². The second kappa shape index (κ2) is 8.39. The van der Waals surface area contributed by atoms with Crippen molar-refractivity contribution in [3.05, 3.63) is 98.2 Å². The molecule has 0 radical (unpaired) electrons. The molecule has 0 amide bonds. The van der Waals surface area contributed by atoms with Gasteiger partial charge in [0.15, 0.2) is 5.75 Å². The van der Waals surface area contributed by atoms with Gasteiger partial charge in [-0.25, -0.2) is 0 Å². The molecule has 2 aromatic carbocycles. The summed E-state index contributed by atoms with van der Waals surface area (Å²) >= 11 is 4.76. The molecule has 5 aromatic rings. The highest BCUT2D eigenvalue weighted by Gasteiger charge is 2.39. The van der Waals surface area contributed by atoms with Crippen molar-refractivity contribution < 1.29 is 23.9 Å². The van der Waals surface area contributed by atoms with Gasteiger partial charge in [0, 0.05) is 37.6 Å². The highest BCUT2D eigenvalue weighted by Crippen LogP contribution is 2.57. The van der Waals surface area contributed by atoms with E-state index in [9.17, 15) is 19.2 Å². The van der Waals surface area contributed by atoms with Crippen LogP contribution >= 0.6 is 34.0 Å². The Labute approximate surface area is 246 Å². The van der Waals surface area contributed by atoms with Crippen molar-refractivity contribution in [3.63, 3.8) is 0 Å². The van der Waals surface area contributed by atoms with Crippen molar-refractivity contribution in [3.8, 4) is 15.5 Å². The van der Waals surface area contributed by atoms with Crippen molar-refractivity contribution in [1.82, 2.24) is 0 Å². The van der Waals surface area contributed by atoms with Gasteiger partial charge in [-0.3, -0.25) is 19.2 Å². The molecule has 2 aliphatic carbocycles. The molecule has 5 nitrogen and oxygen atoms in total. The minimum absolute atomic E-state index is 0.425. The number of hydrogen-bond donors (Lipinski definition) is 0. The molecule has 8 rings (SSSR count). The van der Waals surface area contributed by atoms with Crippen LogP contribution in [0.4, 0.5) is 0 Å². The molecule has 0 saturated carbocycles. The zero-order valence-electron chi connectivity index (χ0n) is 21.7. The summed E-state index contributed by atoms with van der Waals surface area (Å²) in [5.41, 5.74) is 3.52. The lowest BCUT2D eigenvalue weighted by atomic mass is 9.95. The van der Waals surface area contributed by atoms with E-state index in [1.807, 2.05) is 56.3 Å². The van der Waals surface area contributed by atoms with E-state index in [4.69, 9.17) is 4.74 Å². The Morgan fingerprint density at radius 2 is 1.17 bits per heavy atom. The molecule has 3 aromatic heterocycles. The van der Waals surface area contributed by atoms with Gasteiger partial charge < -0.3 is 4.74 Å². The standard InChI is InChI=1S/C33H18O5S3/c1-33(2)23-13-15(11-21-17-7-3-5-9-19(17)25(34)27(21)36)39-30(23)32-29(38-33)31-24(41-32)14-16(40-31)12-22-18-8-4-6-10-20(18)26(35)28(22)37/h3-14H,1-2H3/b21-11-,22-12-. The Hall–Kier alpha value is -4.24. The lowest BCUT2D eigenvalue weighted by molar-refractivity contribution is -0.110. The number of carbonyl (C=O) groups is 4. The molecule has 8 heteroatoms. The number of rotatable bonds is 2. The Morgan fingerprint density at radius 3 is 1.76 bits per heavy atom. The molecule has 1 aliphatic heterocycles. The first-order valence-corrected chi connectivity index (χ1v) is 15.4. The first kappa shape index (κ1) is 24.5. The Bertz CT molecular complexity index is 2130. The average molecular weight is 591 g/mol. The summed E-state index contributed by atoms with van der Waals surface area (Å²) in [5, 5.41) is 0. The van der Waals surface area contributed by atoms with Crippen molar-refractivity contribution in [2.45, 2.75) is 19.4 Å². The van der Waals surface area contributed by atoms with Crippen LogP contribution in [0.5, 0.6) is 5.75 Å². The molecule has 0 spiro atoms. The quantitative estimate of drug-likeness (QED) is 0.154. The van der Waals surface area contributed by atoms with E-state index in [2.05, 4.69) is 6.07 Å². The summed E-state index contributed by atoms with van der Waals surface area (Å²) in [5.74, 6) is -1.06. The second-order valence-electron chi connectivity index (χ2n) is 10.6. The van der Waals surface area contributed by atoms with Gasteiger partial charge in [0.25, 0.3) is 0 Å². The predicted octanol–water partition coefficient (Wildman–Crippen LogP) is 7.93. The fourth-order valence-corrected chi connectivity index (χ4v) is 9.59. The molecule has 0 N–H and O–H groups in total. The normalized spacial score (nSPS) is 18.7. The topological polar surface area (TPSA) is 77.5 Å². The summed E-state index contributed by atoms with van der Waals surface area (Å²) in [6.45, 7) is 4.05. The smallest absolute Gasteiger partial charge is 0.234 e. The highest BCUT2D eigenvalue weighted by atomic mass is 32.1. The van der Waals surface area contributed by atoms with Crippen LogP contribution in [0.25, 0.3) is 42.5 Å². The number of allylic oxidation sites excluding steroid dienone is 2. The zero-order chi connectivity index (χ0) is 28.2. The first-order valence-electron chi connectivity index (χ1n) is 12.9. The monoisotopic (exact) mass is 590 g/mol. The highest BCUT2D eigenvalue weighted by molar-refractivity contribution is 7.32. The van der Waals surface area contributed by atoms with Crippen LogP contribution in [0.1, 0.15) is 61.0 Å². The molecule has 198 valence electrons. The van der Waals surface area contributed by atoms with Gasteiger partial charge in [-0.05, 0) is 49.3 Å². The van der Waals surface area contributed by atoms with E-state index in [1.54, 1.807) is 58.3 Å². The molecule has 4 heterocycles. The van der Waals surface area contributed by atoms with E-state index in [0.29, 0.717) is 33.4 Å². The number of ether oxygens (including phenoxy) is 1. The molecule has 0 bridgehead atoms. The third-order valence-electron chi connectivity index (χ3n) is 7.70. The second-order valence-corrected chi connectivity index (χ2v) is 13.8. The van der Waals surface area contributed by atoms with E-state index in [-0.39, 0.29) is 0 Å². The van der Waals surface area contributed by atoms with Gasteiger partial charge in [0.05, 0.1) is 19.2 Å². The van der Waals surface area contributed by atoms with Crippen LogP contribution in [0.15, 0.2) is 60.7 Å². The number of thiophene rings is 3. The van der Waals surface area contributed by atoms with Crippen LogP contribution < -0.4 is 4.74 Å². The summed E-state index contributed by atoms with van der Waals surface area (Å²) in [4.78, 5) is 54.4. The molecular weight excluding hydrogens is 573 g/mol. The van der Waals surface area contributed by atoms with Crippen molar-refractivity contribution in [1.29, 1.82) is 0 Å². The largest absolute Gasteiger partial charge is 0.480 e. The van der Waals surface area contributed by atoms with Crippen LogP contribution in [0.2, 0.25) is 0 Å². The van der Waals surface area contributed by atoms with Crippen molar-refractivity contribution in [2.24, 2.45) is 0 Å². The van der Waals surface area contributed by atoms with Crippen LogP contribution in [0.3, 0.4) is 0 Å². The Morgan fingerprint density at radius 1 is 0.634 bits per heavy atom. The molecule has 0 fully saturated rings. The van der Waals surface area contributed by atoms with Gasteiger partial charge >= 0.3 is 0 Å². The number of benzene rings is 2. The molecule has 41 heavy (non-hydrogen) atoms. The Balaban J connectivity index is 1.22. The van der Waals surface area contributed by atoms with Crippen molar-refractivity contribution in [2.75, 3.05) is 0 Å². The van der Waals surface area contributed by atoms with Crippen LogP contribution in [0, 0.1) is 0 Å². The van der Waals surface area contributed by atoms with E-state index < -0.39 is 28.7 Å². The Kier molecular flexibility index (Phi) is 5.02. The van der Waals surface area contributed by atoms with Crippen LogP contribution in [-0.2, 0) is 15.2 Å². The lowest BCUT2D eigenvalue weighted by Gasteiger charge is -2.31. The molecule has 0 atom stereocenters. The minimum atomic E-state index is -0.619. The summed E-state index contributed by atoms with van der Waals surface area (Å²) in [7, 11) is 0. The summed E-state index contributed by atoms with van der Waals surface area (Å²) in [6.07, 6.45) is 3.63. The summed E-state index contributed by atoms with van der Waals surface area (Å²) < 4.78 is 8.64. The van der Waals surface area contributed by atoms with Gasteiger partial charge in [-0.15, -0.1) is 34.0 Å². The van der Waals surface area contributed by atoms with Gasteiger partial charge in [0.1, 0.15) is 5.60 Å². The van der Waals surface area contributed by atoms with E-state index in [0.717, 1.165) is 40.2 Å².